The van der Waals surface area contributed by atoms with Crippen LogP contribution in [-0.2, 0) is 9.53 Å². The molecule has 0 spiro atoms. The van der Waals surface area contributed by atoms with Crippen LogP contribution in [0.5, 0.6) is 0 Å². The zero-order valence-electron chi connectivity index (χ0n) is 9.67. The molecule has 0 fully saturated rings. The summed E-state index contributed by atoms with van der Waals surface area (Å²) in [7, 11) is 0. The molecule has 4 nitrogen and oxygen atoms in total. The number of aldehydes is 1. The first-order valence-electron chi connectivity index (χ1n) is 5.60. The zero-order chi connectivity index (χ0) is 12.5. The summed E-state index contributed by atoms with van der Waals surface area (Å²) in [6.45, 7) is 3.66. The molecule has 0 saturated carbocycles. The maximum atomic E-state index is 11.2. The fourth-order valence-corrected chi connectivity index (χ4v) is 1.51. The molecule has 1 amide bonds. The summed E-state index contributed by atoms with van der Waals surface area (Å²) in [5.74, 6) is 0.280. The van der Waals surface area contributed by atoms with Crippen molar-refractivity contribution < 1.29 is 14.3 Å². The van der Waals surface area contributed by atoms with Gasteiger partial charge in [0, 0.05) is 6.42 Å². The second-order valence-corrected chi connectivity index (χ2v) is 3.73. The molecule has 92 valence electrons. The molecule has 0 heterocycles. The Morgan fingerprint density at radius 1 is 1.35 bits per heavy atom. The lowest BCUT2D eigenvalue weighted by atomic mass is 9.96. The Kier molecular flexibility index (Phi) is 5.79. The quantitative estimate of drug-likeness (QED) is 0.566. The van der Waals surface area contributed by atoms with E-state index in [1.807, 2.05) is 24.3 Å². The number of hydrogen-bond acceptors (Lipinski definition) is 3. The molecule has 0 saturated heterocycles. The van der Waals surface area contributed by atoms with Crippen molar-refractivity contribution in [2.45, 2.75) is 18.9 Å². The maximum absolute atomic E-state index is 11.2. The third-order valence-corrected chi connectivity index (χ3v) is 2.37. The third kappa shape index (κ3) is 5.15. The summed E-state index contributed by atoms with van der Waals surface area (Å²) in [6.07, 6.45) is 11.1. The van der Waals surface area contributed by atoms with E-state index >= 15 is 0 Å². The molecule has 17 heavy (non-hydrogen) atoms. The highest BCUT2D eigenvalue weighted by Gasteiger charge is 2.11. The van der Waals surface area contributed by atoms with Crippen molar-refractivity contribution >= 4 is 12.4 Å². The monoisotopic (exact) mass is 235 g/mol. The standard InChI is InChI=1S/C13H17NO3/c1-2-10-17-13(16)14-12-7-5-11(6-8-12)4-3-9-15/h2,5-9,11-12H,1,3-4,10H2,(H,14,16). The fourth-order valence-electron chi connectivity index (χ4n) is 1.51. The minimum absolute atomic E-state index is 0.139. The molecule has 1 aliphatic carbocycles. The van der Waals surface area contributed by atoms with Crippen molar-refractivity contribution in [3.63, 3.8) is 0 Å². The number of amides is 1. The summed E-state index contributed by atoms with van der Waals surface area (Å²) in [6, 6.07) is -0.139. The van der Waals surface area contributed by atoms with Crippen LogP contribution in [0.4, 0.5) is 4.79 Å². The molecule has 0 aromatic rings. The van der Waals surface area contributed by atoms with E-state index < -0.39 is 6.09 Å². The molecule has 1 N–H and O–H groups in total. The van der Waals surface area contributed by atoms with Crippen LogP contribution in [-0.4, -0.2) is 25.0 Å². The molecule has 0 aliphatic heterocycles. The number of ether oxygens (including phenoxy) is 1. The van der Waals surface area contributed by atoms with Gasteiger partial charge in [-0.05, 0) is 12.3 Å². The molecule has 1 aliphatic rings. The maximum Gasteiger partial charge on any atom is 0.408 e. The molecule has 0 aromatic carbocycles. The smallest absolute Gasteiger partial charge is 0.408 e. The largest absolute Gasteiger partial charge is 0.445 e. The Labute approximate surface area is 101 Å². The Morgan fingerprint density at radius 2 is 2.06 bits per heavy atom. The lowest BCUT2D eigenvalue weighted by Crippen LogP contribution is -2.33. The first-order valence-corrected chi connectivity index (χ1v) is 5.60. The van der Waals surface area contributed by atoms with Gasteiger partial charge in [-0.2, -0.15) is 0 Å². The highest BCUT2D eigenvalue weighted by Crippen LogP contribution is 2.14. The molecular weight excluding hydrogens is 218 g/mol. The van der Waals surface area contributed by atoms with Crippen molar-refractivity contribution in [2.24, 2.45) is 5.92 Å². The second kappa shape index (κ2) is 7.44. The minimum atomic E-state index is -0.462. The third-order valence-electron chi connectivity index (χ3n) is 2.37. The van der Waals surface area contributed by atoms with Gasteiger partial charge in [0.1, 0.15) is 12.9 Å². The van der Waals surface area contributed by atoms with E-state index in [1.165, 1.54) is 6.08 Å². The van der Waals surface area contributed by atoms with Crippen molar-refractivity contribution in [3.8, 4) is 0 Å². The van der Waals surface area contributed by atoms with E-state index in [1.54, 1.807) is 0 Å². The number of nitrogens with one attached hydrogen (secondary N) is 1. The molecule has 0 unspecified atom stereocenters. The van der Waals surface area contributed by atoms with Crippen LogP contribution in [0.3, 0.4) is 0 Å². The predicted octanol–water partition coefficient (Wildman–Crippen LogP) is 1.99. The first kappa shape index (κ1) is 13.2. The van der Waals surface area contributed by atoms with E-state index in [4.69, 9.17) is 4.74 Å². The van der Waals surface area contributed by atoms with E-state index in [2.05, 4.69) is 11.9 Å². The number of allylic oxidation sites excluding steroid dienone is 2. The first-order chi connectivity index (χ1) is 8.26. The second-order valence-electron chi connectivity index (χ2n) is 3.73. The molecule has 1 rings (SSSR count). The number of carbonyl (C=O) groups excluding carboxylic acids is 2. The van der Waals surface area contributed by atoms with Gasteiger partial charge in [0.15, 0.2) is 0 Å². The Balaban J connectivity index is 2.30. The van der Waals surface area contributed by atoms with Crippen LogP contribution in [0.15, 0.2) is 37.0 Å². The van der Waals surface area contributed by atoms with Crippen molar-refractivity contribution in [2.75, 3.05) is 6.61 Å². The van der Waals surface area contributed by atoms with Crippen LogP contribution >= 0.6 is 0 Å². The summed E-state index contributed by atoms with van der Waals surface area (Å²) in [4.78, 5) is 21.5. The van der Waals surface area contributed by atoms with Crippen LogP contribution in [0.2, 0.25) is 0 Å². The summed E-state index contributed by atoms with van der Waals surface area (Å²) in [5.41, 5.74) is 0. The number of carbonyl (C=O) groups is 2. The van der Waals surface area contributed by atoms with Gasteiger partial charge in [0.2, 0.25) is 0 Å². The Hall–Kier alpha value is -1.84. The van der Waals surface area contributed by atoms with Gasteiger partial charge in [0.05, 0.1) is 6.04 Å². The molecular formula is C13H17NO3. The molecule has 0 atom stereocenters. The lowest BCUT2D eigenvalue weighted by Gasteiger charge is -2.17. The van der Waals surface area contributed by atoms with E-state index in [0.29, 0.717) is 6.42 Å². The normalized spacial score (nSPS) is 21.9. The van der Waals surface area contributed by atoms with Gasteiger partial charge in [-0.15, -0.1) is 0 Å². The van der Waals surface area contributed by atoms with Crippen molar-refractivity contribution in [3.05, 3.63) is 37.0 Å². The highest BCUT2D eigenvalue weighted by molar-refractivity contribution is 5.68. The van der Waals surface area contributed by atoms with Crippen LogP contribution in [0.1, 0.15) is 12.8 Å². The van der Waals surface area contributed by atoms with E-state index in [9.17, 15) is 9.59 Å². The Bertz CT molecular complexity index is 320. The summed E-state index contributed by atoms with van der Waals surface area (Å²) in [5, 5.41) is 2.68. The van der Waals surface area contributed by atoms with Gasteiger partial charge in [-0.1, -0.05) is 37.0 Å². The van der Waals surface area contributed by atoms with Crippen LogP contribution < -0.4 is 5.32 Å². The highest BCUT2D eigenvalue weighted by atomic mass is 16.5. The van der Waals surface area contributed by atoms with Gasteiger partial charge in [-0.3, -0.25) is 0 Å². The fraction of sp³-hybridized carbons (Fsp3) is 0.385. The molecule has 4 heteroatoms. The lowest BCUT2D eigenvalue weighted by molar-refractivity contribution is -0.108. The average Bonchev–Trinajstić information content (AvgIpc) is 2.35. The molecule has 0 aromatic heterocycles. The number of alkyl carbamates (subject to hydrolysis) is 1. The topological polar surface area (TPSA) is 55.4 Å². The van der Waals surface area contributed by atoms with Crippen LogP contribution in [0.25, 0.3) is 0 Å². The van der Waals surface area contributed by atoms with Crippen LogP contribution in [0, 0.1) is 5.92 Å². The van der Waals surface area contributed by atoms with Gasteiger partial charge < -0.3 is 14.8 Å². The molecule has 0 bridgehead atoms. The predicted molar refractivity (Wildman–Crippen MR) is 65.5 cm³/mol. The number of hydrogen-bond donors (Lipinski definition) is 1. The van der Waals surface area contributed by atoms with Gasteiger partial charge in [-0.25, -0.2) is 4.79 Å². The van der Waals surface area contributed by atoms with Crippen molar-refractivity contribution in [1.29, 1.82) is 0 Å². The number of rotatable bonds is 6. The van der Waals surface area contributed by atoms with Crippen molar-refractivity contribution in [1.82, 2.24) is 5.32 Å². The summed E-state index contributed by atoms with van der Waals surface area (Å²) < 4.78 is 4.80. The van der Waals surface area contributed by atoms with Gasteiger partial charge >= 0.3 is 6.09 Å². The van der Waals surface area contributed by atoms with Gasteiger partial charge in [0.25, 0.3) is 0 Å². The Morgan fingerprint density at radius 3 is 2.65 bits per heavy atom. The minimum Gasteiger partial charge on any atom is -0.445 e. The molecule has 0 radical (unpaired) electrons. The average molecular weight is 235 g/mol. The van der Waals surface area contributed by atoms with E-state index in [0.717, 1.165) is 12.7 Å². The summed E-state index contributed by atoms with van der Waals surface area (Å²) >= 11 is 0. The SMILES string of the molecule is C=CCOC(=O)NC1C=CC(CCC=O)C=C1. The van der Waals surface area contributed by atoms with E-state index in [-0.39, 0.29) is 18.6 Å². The zero-order valence-corrected chi connectivity index (χ0v) is 9.67.